The van der Waals surface area contributed by atoms with Crippen molar-refractivity contribution in [2.24, 2.45) is 0 Å². The van der Waals surface area contributed by atoms with Crippen LogP contribution in [0.3, 0.4) is 0 Å². The van der Waals surface area contributed by atoms with Gasteiger partial charge >= 0.3 is 0 Å². The minimum atomic E-state index is -0.159. The van der Waals surface area contributed by atoms with Crippen LogP contribution in [0.4, 0.5) is 0 Å². The van der Waals surface area contributed by atoms with Crippen LogP contribution in [0.5, 0.6) is 5.75 Å². The molecule has 20 heavy (non-hydrogen) atoms. The molecule has 0 spiro atoms. The van der Waals surface area contributed by atoms with Crippen LogP contribution in [0, 0.1) is 6.92 Å². The van der Waals surface area contributed by atoms with Crippen molar-refractivity contribution >= 4 is 0 Å². The molecule has 1 aliphatic carbocycles. The van der Waals surface area contributed by atoms with Crippen molar-refractivity contribution in [2.45, 2.75) is 57.6 Å². The SMILES string of the molecule is CNC1(CO)CCC(Oc2cc(C(C)C)ccc2C)C1. The molecule has 0 aliphatic heterocycles. The highest BCUT2D eigenvalue weighted by atomic mass is 16.5. The summed E-state index contributed by atoms with van der Waals surface area (Å²) < 4.78 is 6.20. The van der Waals surface area contributed by atoms with Crippen molar-refractivity contribution in [3.05, 3.63) is 29.3 Å². The molecule has 0 bridgehead atoms. The van der Waals surface area contributed by atoms with Gasteiger partial charge in [0.25, 0.3) is 0 Å². The monoisotopic (exact) mass is 277 g/mol. The van der Waals surface area contributed by atoms with Gasteiger partial charge in [-0.2, -0.15) is 0 Å². The molecule has 3 heteroatoms. The van der Waals surface area contributed by atoms with Gasteiger partial charge < -0.3 is 15.2 Å². The normalized spacial score (nSPS) is 26.2. The highest BCUT2D eigenvalue weighted by molar-refractivity contribution is 5.38. The van der Waals surface area contributed by atoms with Crippen LogP contribution in [0.1, 0.15) is 50.2 Å². The Morgan fingerprint density at radius 3 is 2.75 bits per heavy atom. The molecular formula is C17H27NO2. The summed E-state index contributed by atoms with van der Waals surface area (Å²) in [5, 5.41) is 12.8. The number of aliphatic hydroxyl groups is 1. The lowest BCUT2D eigenvalue weighted by Crippen LogP contribution is -2.44. The van der Waals surface area contributed by atoms with E-state index in [-0.39, 0.29) is 18.2 Å². The Kier molecular flexibility index (Phi) is 4.71. The van der Waals surface area contributed by atoms with Gasteiger partial charge in [0.15, 0.2) is 0 Å². The van der Waals surface area contributed by atoms with E-state index in [2.05, 4.69) is 44.3 Å². The fourth-order valence-corrected chi connectivity index (χ4v) is 2.91. The molecule has 1 fully saturated rings. The second-order valence-corrected chi connectivity index (χ2v) is 6.35. The smallest absolute Gasteiger partial charge is 0.122 e. The van der Waals surface area contributed by atoms with E-state index in [1.165, 1.54) is 11.1 Å². The highest BCUT2D eigenvalue weighted by Crippen LogP contribution is 2.34. The first-order chi connectivity index (χ1) is 9.49. The van der Waals surface area contributed by atoms with Crippen LogP contribution < -0.4 is 10.1 Å². The molecule has 112 valence electrons. The van der Waals surface area contributed by atoms with E-state index in [9.17, 15) is 5.11 Å². The van der Waals surface area contributed by atoms with Gasteiger partial charge in [0, 0.05) is 12.0 Å². The summed E-state index contributed by atoms with van der Waals surface area (Å²) in [6.45, 7) is 6.66. The molecule has 1 aliphatic rings. The van der Waals surface area contributed by atoms with Crippen LogP contribution in [-0.4, -0.2) is 30.4 Å². The number of rotatable bonds is 5. The lowest BCUT2D eigenvalue weighted by Gasteiger charge is -2.26. The zero-order valence-corrected chi connectivity index (χ0v) is 13.1. The van der Waals surface area contributed by atoms with Crippen LogP contribution in [0.2, 0.25) is 0 Å². The summed E-state index contributed by atoms with van der Waals surface area (Å²) in [6, 6.07) is 6.47. The van der Waals surface area contributed by atoms with Crippen molar-refractivity contribution in [1.82, 2.24) is 5.32 Å². The molecule has 2 atom stereocenters. The molecule has 3 nitrogen and oxygen atoms in total. The summed E-state index contributed by atoms with van der Waals surface area (Å²) in [5.41, 5.74) is 2.33. The zero-order valence-electron chi connectivity index (χ0n) is 13.1. The van der Waals surface area contributed by atoms with Crippen molar-refractivity contribution < 1.29 is 9.84 Å². The maximum atomic E-state index is 9.55. The molecule has 2 unspecified atom stereocenters. The van der Waals surface area contributed by atoms with Crippen LogP contribution in [0.25, 0.3) is 0 Å². The van der Waals surface area contributed by atoms with Crippen molar-refractivity contribution in [1.29, 1.82) is 0 Å². The van der Waals surface area contributed by atoms with E-state index in [4.69, 9.17) is 4.74 Å². The topological polar surface area (TPSA) is 41.5 Å². The summed E-state index contributed by atoms with van der Waals surface area (Å²) >= 11 is 0. The summed E-state index contributed by atoms with van der Waals surface area (Å²) in [5.74, 6) is 1.50. The van der Waals surface area contributed by atoms with Crippen molar-refractivity contribution in [3.8, 4) is 5.75 Å². The molecule has 2 N–H and O–H groups in total. The Hall–Kier alpha value is -1.06. The Morgan fingerprint density at radius 1 is 1.45 bits per heavy atom. The predicted molar refractivity (Wildman–Crippen MR) is 82.4 cm³/mol. The minimum Gasteiger partial charge on any atom is -0.490 e. The highest BCUT2D eigenvalue weighted by Gasteiger charge is 2.38. The molecule has 1 aromatic carbocycles. The van der Waals surface area contributed by atoms with Crippen LogP contribution in [-0.2, 0) is 0 Å². The largest absolute Gasteiger partial charge is 0.490 e. The zero-order chi connectivity index (χ0) is 14.8. The first kappa shape index (κ1) is 15.3. The third-order valence-corrected chi connectivity index (χ3v) is 4.57. The number of aliphatic hydroxyl groups excluding tert-OH is 1. The molecule has 1 saturated carbocycles. The number of hydrogen-bond donors (Lipinski definition) is 2. The van der Waals surface area contributed by atoms with Gasteiger partial charge in [0.1, 0.15) is 11.9 Å². The van der Waals surface area contributed by atoms with E-state index < -0.39 is 0 Å². The van der Waals surface area contributed by atoms with Gasteiger partial charge in [0.2, 0.25) is 0 Å². The number of ether oxygens (including phenoxy) is 1. The Morgan fingerprint density at radius 2 is 2.20 bits per heavy atom. The number of likely N-dealkylation sites (N-methyl/N-ethyl adjacent to an activating group) is 1. The van der Waals surface area contributed by atoms with E-state index in [0.29, 0.717) is 5.92 Å². The predicted octanol–water partition coefficient (Wildman–Crippen LogP) is 3.00. The van der Waals surface area contributed by atoms with E-state index in [1.807, 2.05) is 7.05 Å². The van der Waals surface area contributed by atoms with Gasteiger partial charge in [-0.05, 0) is 49.9 Å². The summed E-state index contributed by atoms with van der Waals surface area (Å²) in [4.78, 5) is 0. The Labute approximate surface area is 122 Å². The number of aryl methyl sites for hydroxylation is 1. The Bertz CT molecular complexity index is 452. The molecule has 2 rings (SSSR count). The minimum absolute atomic E-state index is 0.159. The molecule has 0 saturated heterocycles. The Balaban J connectivity index is 2.09. The van der Waals surface area contributed by atoms with E-state index in [1.54, 1.807) is 0 Å². The van der Waals surface area contributed by atoms with Gasteiger partial charge in [-0.1, -0.05) is 26.0 Å². The van der Waals surface area contributed by atoms with Gasteiger partial charge in [0.05, 0.1) is 6.61 Å². The second-order valence-electron chi connectivity index (χ2n) is 6.35. The lowest BCUT2D eigenvalue weighted by atomic mass is 9.99. The molecule has 0 heterocycles. The maximum Gasteiger partial charge on any atom is 0.122 e. The van der Waals surface area contributed by atoms with E-state index in [0.717, 1.165) is 25.0 Å². The first-order valence-electron chi connectivity index (χ1n) is 7.56. The quantitative estimate of drug-likeness (QED) is 0.869. The average molecular weight is 277 g/mol. The van der Waals surface area contributed by atoms with Crippen molar-refractivity contribution in [2.75, 3.05) is 13.7 Å². The molecule has 0 amide bonds. The fraction of sp³-hybridized carbons (Fsp3) is 0.647. The second kappa shape index (κ2) is 6.15. The van der Waals surface area contributed by atoms with Crippen LogP contribution >= 0.6 is 0 Å². The molecule has 0 aromatic heterocycles. The lowest BCUT2D eigenvalue weighted by molar-refractivity contribution is 0.146. The third-order valence-electron chi connectivity index (χ3n) is 4.57. The molecule has 1 aromatic rings. The van der Waals surface area contributed by atoms with Gasteiger partial charge in [-0.3, -0.25) is 0 Å². The third kappa shape index (κ3) is 3.15. The van der Waals surface area contributed by atoms with Gasteiger partial charge in [-0.15, -0.1) is 0 Å². The summed E-state index contributed by atoms with van der Waals surface area (Å²) in [6.07, 6.45) is 3.02. The molecular weight excluding hydrogens is 250 g/mol. The summed E-state index contributed by atoms with van der Waals surface area (Å²) in [7, 11) is 1.92. The van der Waals surface area contributed by atoms with Crippen molar-refractivity contribution in [3.63, 3.8) is 0 Å². The van der Waals surface area contributed by atoms with E-state index >= 15 is 0 Å². The first-order valence-corrected chi connectivity index (χ1v) is 7.56. The molecule has 0 radical (unpaired) electrons. The fourth-order valence-electron chi connectivity index (χ4n) is 2.91. The number of benzene rings is 1. The van der Waals surface area contributed by atoms with Gasteiger partial charge in [-0.25, -0.2) is 0 Å². The number of hydrogen-bond acceptors (Lipinski definition) is 3. The standard InChI is InChI=1S/C17H27NO2/c1-12(2)14-6-5-13(3)16(9-14)20-15-7-8-17(10-15,11-19)18-4/h5-6,9,12,15,18-19H,7-8,10-11H2,1-4H3. The average Bonchev–Trinajstić information content (AvgIpc) is 2.85. The van der Waals surface area contributed by atoms with Crippen LogP contribution in [0.15, 0.2) is 18.2 Å². The number of nitrogens with one attached hydrogen (secondary N) is 1. The maximum absolute atomic E-state index is 9.55.